The zero-order valence-electron chi connectivity index (χ0n) is 16.7. The Labute approximate surface area is 177 Å². The van der Waals surface area contributed by atoms with Crippen molar-refractivity contribution in [2.24, 2.45) is 0 Å². The van der Waals surface area contributed by atoms with Crippen molar-refractivity contribution in [2.75, 3.05) is 18.5 Å². The van der Waals surface area contributed by atoms with Crippen LogP contribution >= 0.6 is 0 Å². The van der Waals surface area contributed by atoms with Gasteiger partial charge in [-0.2, -0.15) is 5.10 Å². The smallest absolute Gasteiger partial charge is 0.261 e. The highest BCUT2D eigenvalue weighted by Crippen LogP contribution is 2.33. The number of nitrogens with zero attached hydrogens (tertiary/aromatic N) is 3. The Morgan fingerprint density at radius 2 is 1.74 bits per heavy atom. The van der Waals surface area contributed by atoms with Gasteiger partial charge in [0.05, 0.1) is 11.4 Å². The van der Waals surface area contributed by atoms with E-state index in [4.69, 9.17) is 9.47 Å². The number of aromatic nitrogens is 3. The molecule has 0 aliphatic carbocycles. The largest absolute Gasteiger partial charge is 0.486 e. The van der Waals surface area contributed by atoms with E-state index in [1.165, 1.54) is 12.1 Å². The van der Waals surface area contributed by atoms with Crippen molar-refractivity contribution >= 4 is 11.6 Å². The number of amides is 1. The van der Waals surface area contributed by atoms with Crippen molar-refractivity contribution in [3.63, 3.8) is 0 Å². The molecule has 156 valence electrons. The van der Waals surface area contributed by atoms with Gasteiger partial charge in [-0.15, -0.1) is 0 Å². The van der Waals surface area contributed by atoms with Crippen LogP contribution < -0.4 is 14.8 Å². The number of halogens is 1. The second-order valence-electron chi connectivity index (χ2n) is 7.08. The Balaban J connectivity index is 1.55. The molecule has 5 rings (SSSR count). The maximum absolute atomic E-state index is 13.4. The summed E-state index contributed by atoms with van der Waals surface area (Å²) in [5.74, 6) is 1.15. The lowest BCUT2D eigenvalue weighted by atomic mass is 10.2. The normalized spacial score (nSPS) is 12.6. The van der Waals surface area contributed by atoms with E-state index < -0.39 is 0 Å². The first-order valence-electron chi connectivity index (χ1n) is 9.80. The van der Waals surface area contributed by atoms with Crippen molar-refractivity contribution in [1.29, 1.82) is 0 Å². The molecule has 0 fully saturated rings. The SMILES string of the molecule is Cc1nn(-c2ccc(F)cc2)c(-n2cccc2)c1C(=O)Nc1ccc2c(c1)OCCO2. The molecule has 0 saturated carbocycles. The van der Waals surface area contributed by atoms with Gasteiger partial charge in [0.15, 0.2) is 17.3 Å². The number of carbonyl (C=O) groups excluding carboxylic acids is 1. The summed E-state index contributed by atoms with van der Waals surface area (Å²) in [6, 6.07) is 15.0. The summed E-state index contributed by atoms with van der Waals surface area (Å²) in [7, 11) is 0. The van der Waals surface area contributed by atoms with Crippen molar-refractivity contribution in [3.05, 3.63) is 84.1 Å². The summed E-state index contributed by atoms with van der Waals surface area (Å²) in [4.78, 5) is 13.3. The van der Waals surface area contributed by atoms with E-state index in [1.807, 2.05) is 29.1 Å². The van der Waals surface area contributed by atoms with Crippen molar-refractivity contribution in [2.45, 2.75) is 6.92 Å². The molecule has 0 bridgehead atoms. The molecular formula is C23H19FN4O3. The summed E-state index contributed by atoms with van der Waals surface area (Å²) in [5.41, 5.74) is 2.19. The molecule has 0 spiro atoms. The third-order valence-electron chi connectivity index (χ3n) is 4.98. The highest BCUT2D eigenvalue weighted by molar-refractivity contribution is 6.07. The molecule has 1 amide bonds. The van der Waals surface area contributed by atoms with Crippen molar-refractivity contribution < 1.29 is 18.7 Å². The number of hydrogen-bond acceptors (Lipinski definition) is 4. The van der Waals surface area contributed by atoms with Gasteiger partial charge in [-0.1, -0.05) is 0 Å². The van der Waals surface area contributed by atoms with E-state index in [9.17, 15) is 9.18 Å². The molecule has 3 heterocycles. The maximum Gasteiger partial charge on any atom is 0.261 e. The van der Waals surface area contributed by atoms with Crippen LogP contribution in [0.5, 0.6) is 11.5 Å². The number of carbonyl (C=O) groups is 1. The van der Waals surface area contributed by atoms with Crippen LogP contribution in [0.1, 0.15) is 16.1 Å². The molecule has 31 heavy (non-hydrogen) atoms. The molecule has 7 nitrogen and oxygen atoms in total. The Morgan fingerprint density at radius 3 is 2.48 bits per heavy atom. The van der Waals surface area contributed by atoms with Crippen molar-refractivity contribution in [3.8, 4) is 23.0 Å². The molecule has 8 heteroatoms. The number of anilines is 1. The lowest BCUT2D eigenvalue weighted by Crippen LogP contribution is -2.18. The van der Waals surface area contributed by atoms with Crippen LogP contribution in [0, 0.1) is 12.7 Å². The molecule has 0 atom stereocenters. The van der Waals surface area contributed by atoms with Crippen LogP contribution in [0.2, 0.25) is 0 Å². The molecular weight excluding hydrogens is 399 g/mol. The fourth-order valence-electron chi connectivity index (χ4n) is 3.57. The first kappa shape index (κ1) is 18.9. The third kappa shape index (κ3) is 3.52. The summed E-state index contributed by atoms with van der Waals surface area (Å²) in [5, 5.41) is 7.49. The molecule has 0 saturated heterocycles. The summed E-state index contributed by atoms with van der Waals surface area (Å²) < 4.78 is 28.0. The molecule has 1 aliphatic heterocycles. The minimum absolute atomic E-state index is 0.314. The van der Waals surface area contributed by atoms with Gasteiger partial charge in [0.2, 0.25) is 0 Å². The van der Waals surface area contributed by atoms with Gasteiger partial charge in [-0.05, 0) is 55.5 Å². The molecule has 1 aliphatic rings. The van der Waals surface area contributed by atoms with Crippen molar-refractivity contribution in [1.82, 2.24) is 14.3 Å². The third-order valence-corrected chi connectivity index (χ3v) is 4.98. The number of fused-ring (bicyclic) bond motifs is 1. The molecule has 1 N–H and O–H groups in total. The highest BCUT2D eigenvalue weighted by Gasteiger charge is 2.24. The fourth-order valence-corrected chi connectivity index (χ4v) is 3.57. The van der Waals surface area contributed by atoms with E-state index in [0.29, 0.717) is 53.2 Å². The summed E-state index contributed by atoms with van der Waals surface area (Å²) >= 11 is 0. The standard InChI is InChI=1S/C23H19FN4O3/c1-15-21(22(29)25-17-6-9-19-20(14-17)31-13-12-30-19)23(27-10-2-3-11-27)28(26-15)18-7-4-16(24)5-8-18/h2-11,14H,12-13H2,1H3,(H,25,29). The minimum Gasteiger partial charge on any atom is -0.486 e. The quantitative estimate of drug-likeness (QED) is 0.541. The Morgan fingerprint density at radius 1 is 1.03 bits per heavy atom. The topological polar surface area (TPSA) is 70.3 Å². The number of nitrogens with one attached hydrogen (secondary N) is 1. The molecule has 0 radical (unpaired) electrons. The zero-order valence-corrected chi connectivity index (χ0v) is 16.7. The van der Waals surface area contributed by atoms with Gasteiger partial charge in [-0.25, -0.2) is 9.07 Å². The zero-order chi connectivity index (χ0) is 21.4. The average molecular weight is 418 g/mol. The van der Waals surface area contributed by atoms with Crippen LogP contribution in [-0.2, 0) is 0 Å². The van der Waals surface area contributed by atoms with Gasteiger partial charge < -0.3 is 19.4 Å². The monoisotopic (exact) mass is 418 g/mol. The number of hydrogen-bond donors (Lipinski definition) is 1. The molecule has 2 aromatic carbocycles. The number of ether oxygens (including phenoxy) is 2. The van der Waals surface area contributed by atoms with E-state index in [1.54, 1.807) is 41.9 Å². The number of benzene rings is 2. The Bertz CT molecular complexity index is 1250. The second-order valence-corrected chi connectivity index (χ2v) is 7.08. The molecule has 2 aromatic heterocycles. The van der Waals surface area contributed by atoms with E-state index >= 15 is 0 Å². The Kier molecular flexibility index (Phi) is 4.66. The van der Waals surface area contributed by atoms with Crippen LogP contribution in [0.25, 0.3) is 11.5 Å². The highest BCUT2D eigenvalue weighted by atomic mass is 19.1. The van der Waals surface area contributed by atoms with Crippen LogP contribution in [0.15, 0.2) is 67.0 Å². The Hall–Kier alpha value is -4.07. The summed E-state index contributed by atoms with van der Waals surface area (Å²) in [6.07, 6.45) is 3.66. The first-order valence-corrected chi connectivity index (χ1v) is 9.80. The van der Waals surface area contributed by atoms with Crippen LogP contribution in [0.4, 0.5) is 10.1 Å². The average Bonchev–Trinajstić information content (AvgIpc) is 3.42. The van der Waals surface area contributed by atoms with Gasteiger partial charge in [0.25, 0.3) is 5.91 Å². The number of aryl methyl sites for hydroxylation is 1. The predicted octanol–water partition coefficient (Wildman–Crippen LogP) is 4.13. The van der Waals surface area contributed by atoms with Gasteiger partial charge in [-0.3, -0.25) is 4.79 Å². The van der Waals surface area contributed by atoms with Gasteiger partial charge in [0.1, 0.15) is 24.6 Å². The maximum atomic E-state index is 13.4. The van der Waals surface area contributed by atoms with Gasteiger partial charge in [0, 0.05) is 24.1 Å². The minimum atomic E-state index is -0.341. The van der Waals surface area contributed by atoms with E-state index in [2.05, 4.69) is 10.4 Å². The van der Waals surface area contributed by atoms with Crippen LogP contribution in [-0.4, -0.2) is 33.5 Å². The predicted molar refractivity (Wildman–Crippen MR) is 113 cm³/mol. The van der Waals surface area contributed by atoms with E-state index in [0.717, 1.165) is 0 Å². The lowest BCUT2D eigenvalue weighted by Gasteiger charge is -2.19. The number of rotatable bonds is 4. The summed E-state index contributed by atoms with van der Waals surface area (Å²) in [6.45, 7) is 2.73. The van der Waals surface area contributed by atoms with Gasteiger partial charge >= 0.3 is 0 Å². The van der Waals surface area contributed by atoms with Crippen LogP contribution in [0.3, 0.4) is 0 Å². The molecule has 4 aromatic rings. The molecule has 0 unspecified atom stereocenters. The second kappa shape index (κ2) is 7.64. The lowest BCUT2D eigenvalue weighted by molar-refractivity contribution is 0.102. The fraction of sp³-hybridized carbons (Fsp3) is 0.130. The van der Waals surface area contributed by atoms with E-state index in [-0.39, 0.29) is 11.7 Å². The first-order chi connectivity index (χ1) is 15.1.